The van der Waals surface area contributed by atoms with E-state index in [1.807, 2.05) is 12.1 Å². The molecule has 2 aromatic rings. The van der Waals surface area contributed by atoms with Gasteiger partial charge >= 0.3 is 5.97 Å². The molecule has 0 aliphatic carbocycles. The van der Waals surface area contributed by atoms with Crippen LogP contribution in [-0.4, -0.2) is 22.8 Å². The molecule has 0 fully saturated rings. The Hall–Kier alpha value is -3.02. The summed E-state index contributed by atoms with van der Waals surface area (Å²) in [6, 6.07) is 11.2. The molecule has 2 aromatic carbocycles. The van der Waals surface area contributed by atoms with E-state index in [-0.39, 0.29) is 22.4 Å². The minimum atomic E-state index is -0.964. The standard InChI is InChI=1S/C21H23NO5/c1-13-12-16(8-11-18(13)22(25)26)20(24)27-14(2)19(23)15-6-9-17(10-7-15)21(3,4)5/h6-12,14H,1-5H3. The number of nitro groups is 1. The molecule has 6 nitrogen and oxygen atoms in total. The first-order chi connectivity index (χ1) is 12.5. The molecule has 1 unspecified atom stereocenters. The van der Waals surface area contributed by atoms with E-state index in [9.17, 15) is 19.7 Å². The Labute approximate surface area is 158 Å². The van der Waals surface area contributed by atoms with Crippen molar-refractivity contribution >= 4 is 17.4 Å². The average Bonchev–Trinajstić information content (AvgIpc) is 2.59. The predicted octanol–water partition coefficient (Wildman–Crippen LogP) is 4.63. The molecule has 1 atom stereocenters. The molecule has 0 aliphatic heterocycles. The van der Waals surface area contributed by atoms with Gasteiger partial charge in [0, 0.05) is 17.2 Å². The topological polar surface area (TPSA) is 86.5 Å². The van der Waals surface area contributed by atoms with E-state index < -0.39 is 17.0 Å². The highest BCUT2D eigenvalue weighted by Crippen LogP contribution is 2.23. The molecule has 0 aromatic heterocycles. The van der Waals surface area contributed by atoms with Crippen molar-refractivity contribution in [2.24, 2.45) is 0 Å². The van der Waals surface area contributed by atoms with Crippen LogP contribution in [0.2, 0.25) is 0 Å². The molecule has 0 aliphatic rings. The zero-order valence-electron chi connectivity index (χ0n) is 16.1. The summed E-state index contributed by atoms with van der Waals surface area (Å²) in [5, 5.41) is 10.9. The Morgan fingerprint density at radius 2 is 1.59 bits per heavy atom. The van der Waals surface area contributed by atoms with Crippen LogP contribution in [0.4, 0.5) is 5.69 Å². The summed E-state index contributed by atoms with van der Waals surface area (Å²) < 4.78 is 5.25. The molecule has 27 heavy (non-hydrogen) atoms. The van der Waals surface area contributed by atoms with Gasteiger partial charge in [-0.25, -0.2) is 4.79 Å². The highest BCUT2D eigenvalue weighted by molar-refractivity contribution is 6.01. The van der Waals surface area contributed by atoms with Crippen LogP contribution in [0, 0.1) is 17.0 Å². The second-order valence-corrected chi connectivity index (χ2v) is 7.50. The molecule has 0 heterocycles. The van der Waals surface area contributed by atoms with Gasteiger partial charge in [0.25, 0.3) is 5.69 Å². The number of ether oxygens (including phenoxy) is 1. The van der Waals surface area contributed by atoms with Crippen LogP contribution in [-0.2, 0) is 10.2 Å². The molecular weight excluding hydrogens is 346 g/mol. The van der Waals surface area contributed by atoms with Crippen molar-refractivity contribution in [3.8, 4) is 0 Å². The average molecular weight is 369 g/mol. The number of benzene rings is 2. The van der Waals surface area contributed by atoms with Gasteiger partial charge in [0.05, 0.1) is 10.5 Å². The molecule has 142 valence electrons. The number of Topliss-reactive ketones (excluding diaryl/α,β-unsaturated/α-hetero) is 1. The summed E-state index contributed by atoms with van der Waals surface area (Å²) >= 11 is 0. The Morgan fingerprint density at radius 3 is 2.07 bits per heavy atom. The number of ketones is 1. The lowest BCUT2D eigenvalue weighted by Gasteiger charge is -2.19. The third-order valence-electron chi connectivity index (χ3n) is 4.32. The van der Waals surface area contributed by atoms with Crippen molar-refractivity contribution in [1.29, 1.82) is 0 Å². The third-order valence-corrected chi connectivity index (χ3v) is 4.32. The first-order valence-electron chi connectivity index (χ1n) is 8.61. The SMILES string of the molecule is Cc1cc(C(=O)OC(C)C(=O)c2ccc(C(C)(C)C)cc2)ccc1[N+](=O)[O-]. The summed E-state index contributed by atoms with van der Waals surface area (Å²) in [6.45, 7) is 9.30. The number of hydrogen-bond acceptors (Lipinski definition) is 5. The smallest absolute Gasteiger partial charge is 0.338 e. The minimum absolute atomic E-state index is 0.0204. The number of rotatable bonds is 5. The third kappa shape index (κ3) is 4.78. The van der Waals surface area contributed by atoms with Gasteiger partial charge in [0.15, 0.2) is 6.10 Å². The highest BCUT2D eigenvalue weighted by Gasteiger charge is 2.22. The molecule has 0 bridgehead atoms. The van der Waals surface area contributed by atoms with E-state index in [1.165, 1.54) is 25.1 Å². The summed E-state index contributed by atoms with van der Waals surface area (Å²) in [7, 11) is 0. The van der Waals surface area contributed by atoms with Gasteiger partial charge in [-0.15, -0.1) is 0 Å². The van der Waals surface area contributed by atoms with Crippen molar-refractivity contribution in [2.45, 2.75) is 46.1 Å². The molecule has 6 heteroatoms. The monoisotopic (exact) mass is 369 g/mol. The second-order valence-electron chi connectivity index (χ2n) is 7.50. The first-order valence-corrected chi connectivity index (χ1v) is 8.61. The molecule has 0 amide bonds. The second kappa shape index (κ2) is 7.70. The normalized spacial score (nSPS) is 12.3. The number of nitrogens with zero attached hydrogens (tertiary/aromatic N) is 1. The van der Waals surface area contributed by atoms with Gasteiger partial charge in [0.1, 0.15) is 0 Å². The lowest BCUT2D eigenvalue weighted by atomic mass is 9.86. The van der Waals surface area contributed by atoms with Crippen molar-refractivity contribution in [3.05, 3.63) is 74.8 Å². The van der Waals surface area contributed by atoms with Crippen molar-refractivity contribution in [1.82, 2.24) is 0 Å². The predicted molar refractivity (Wildman–Crippen MR) is 102 cm³/mol. The van der Waals surface area contributed by atoms with Gasteiger partial charge in [-0.2, -0.15) is 0 Å². The van der Waals surface area contributed by atoms with Gasteiger partial charge in [-0.1, -0.05) is 45.0 Å². The Kier molecular flexibility index (Phi) is 5.78. The summed E-state index contributed by atoms with van der Waals surface area (Å²) in [5.74, 6) is -0.998. The maximum Gasteiger partial charge on any atom is 0.338 e. The van der Waals surface area contributed by atoms with Crippen LogP contribution in [0.25, 0.3) is 0 Å². The van der Waals surface area contributed by atoms with Gasteiger partial charge in [-0.3, -0.25) is 14.9 Å². The quantitative estimate of drug-likeness (QED) is 0.332. The molecule has 2 rings (SSSR count). The number of hydrogen-bond donors (Lipinski definition) is 0. The van der Waals surface area contributed by atoms with E-state index in [2.05, 4.69) is 20.8 Å². The Morgan fingerprint density at radius 1 is 1.04 bits per heavy atom. The summed E-state index contributed by atoms with van der Waals surface area (Å²) in [5.41, 5.74) is 1.99. The van der Waals surface area contributed by atoms with Crippen molar-refractivity contribution in [2.75, 3.05) is 0 Å². The lowest BCUT2D eigenvalue weighted by Crippen LogP contribution is -2.24. The molecule has 0 saturated carbocycles. The van der Waals surface area contributed by atoms with Crippen molar-refractivity contribution < 1.29 is 19.2 Å². The van der Waals surface area contributed by atoms with E-state index in [4.69, 9.17) is 4.74 Å². The fourth-order valence-electron chi connectivity index (χ4n) is 2.64. The zero-order valence-corrected chi connectivity index (χ0v) is 16.1. The molecule has 0 spiro atoms. The molecule has 0 N–H and O–H groups in total. The highest BCUT2D eigenvalue weighted by atomic mass is 16.6. The Balaban J connectivity index is 2.10. The lowest BCUT2D eigenvalue weighted by molar-refractivity contribution is -0.385. The van der Waals surface area contributed by atoms with Crippen LogP contribution in [0.5, 0.6) is 0 Å². The number of carbonyl (C=O) groups is 2. The number of aryl methyl sites for hydroxylation is 1. The van der Waals surface area contributed by atoms with Gasteiger partial charge in [-0.05, 0) is 37.0 Å². The summed E-state index contributed by atoms with van der Waals surface area (Å²) in [6.07, 6.45) is -0.964. The van der Waals surface area contributed by atoms with E-state index in [0.717, 1.165) is 5.56 Å². The van der Waals surface area contributed by atoms with Crippen LogP contribution < -0.4 is 0 Å². The molecule has 0 saturated heterocycles. The van der Waals surface area contributed by atoms with Crippen LogP contribution in [0.1, 0.15) is 59.5 Å². The van der Waals surface area contributed by atoms with E-state index >= 15 is 0 Å². The summed E-state index contributed by atoms with van der Waals surface area (Å²) in [4.78, 5) is 35.1. The fraction of sp³-hybridized carbons (Fsp3) is 0.333. The molecular formula is C21H23NO5. The first kappa shape index (κ1) is 20.3. The van der Waals surface area contributed by atoms with Crippen LogP contribution >= 0.6 is 0 Å². The number of carbonyl (C=O) groups excluding carboxylic acids is 2. The maximum atomic E-state index is 12.5. The molecule has 0 radical (unpaired) electrons. The van der Waals surface area contributed by atoms with Crippen molar-refractivity contribution in [3.63, 3.8) is 0 Å². The minimum Gasteiger partial charge on any atom is -0.451 e. The maximum absolute atomic E-state index is 12.5. The number of esters is 1. The van der Waals surface area contributed by atoms with Crippen LogP contribution in [0.15, 0.2) is 42.5 Å². The van der Waals surface area contributed by atoms with Gasteiger partial charge in [0.2, 0.25) is 5.78 Å². The zero-order chi connectivity index (χ0) is 20.4. The largest absolute Gasteiger partial charge is 0.451 e. The van der Waals surface area contributed by atoms with Gasteiger partial charge < -0.3 is 4.74 Å². The van der Waals surface area contributed by atoms with E-state index in [0.29, 0.717) is 11.1 Å². The van der Waals surface area contributed by atoms with Crippen LogP contribution in [0.3, 0.4) is 0 Å². The van der Waals surface area contributed by atoms with E-state index in [1.54, 1.807) is 19.1 Å². The Bertz CT molecular complexity index is 878. The number of nitro benzene ring substituents is 1. The fourth-order valence-corrected chi connectivity index (χ4v) is 2.64.